The van der Waals surface area contributed by atoms with Gasteiger partial charge >= 0.3 is 0 Å². The van der Waals surface area contributed by atoms with E-state index in [9.17, 15) is 4.79 Å². The quantitative estimate of drug-likeness (QED) is 0.819. The molecular formula is C17H26N2O2. The third-order valence-electron chi connectivity index (χ3n) is 4.28. The fourth-order valence-corrected chi connectivity index (χ4v) is 2.68. The van der Waals surface area contributed by atoms with Crippen molar-refractivity contribution in [3.8, 4) is 0 Å². The van der Waals surface area contributed by atoms with Crippen LogP contribution in [0.15, 0.2) is 24.3 Å². The number of aryl methyl sites for hydroxylation is 1. The maximum absolute atomic E-state index is 12.7. The molecule has 116 valence electrons. The molecule has 1 fully saturated rings. The van der Waals surface area contributed by atoms with Crippen LogP contribution < -0.4 is 5.32 Å². The Morgan fingerprint density at radius 1 is 1.29 bits per heavy atom. The summed E-state index contributed by atoms with van der Waals surface area (Å²) >= 11 is 0. The van der Waals surface area contributed by atoms with E-state index in [-0.39, 0.29) is 12.1 Å². The molecule has 2 unspecified atom stereocenters. The van der Waals surface area contributed by atoms with Gasteiger partial charge in [-0.1, -0.05) is 36.8 Å². The number of nitrogens with zero attached hydrogens (tertiary/aromatic N) is 1. The van der Waals surface area contributed by atoms with E-state index in [1.54, 1.807) is 0 Å². The highest BCUT2D eigenvalue weighted by Gasteiger charge is 2.46. The zero-order chi connectivity index (χ0) is 15.5. The standard InChI is InChI=1S/C17H26N2O2/c1-5-17(4)16(20)19(11-12-21-6-2)15(18-17)14-9-7-13(3)8-10-14/h7-10,15,18H,5-6,11-12H2,1-4H3. The van der Waals surface area contributed by atoms with E-state index in [4.69, 9.17) is 4.74 Å². The predicted molar refractivity (Wildman–Crippen MR) is 84.0 cm³/mol. The summed E-state index contributed by atoms with van der Waals surface area (Å²) < 4.78 is 5.43. The number of benzene rings is 1. The lowest BCUT2D eigenvalue weighted by Crippen LogP contribution is -2.43. The number of amides is 1. The normalized spacial score (nSPS) is 25.6. The topological polar surface area (TPSA) is 41.6 Å². The number of hydrogen-bond donors (Lipinski definition) is 1. The van der Waals surface area contributed by atoms with Crippen molar-refractivity contribution in [3.05, 3.63) is 35.4 Å². The van der Waals surface area contributed by atoms with Gasteiger partial charge in [-0.2, -0.15) is 0 Å². The van der Waals surface area contributed by atoms with E-state index in [0.29, 0.717) is 19.8 Å². The second-order valence-corrected chi connectivity index (χ2v) is 5.84. The Hall–Kier alpha value is -1.39. The van der Waals surface area contributed by atoms with Gasteiger partial charge in [0.05, 0.1) is 12.1 Å². The molecule has 1 aromatic rings. The maximum Gasteiger partial charge on any atom is 0.244 e. The highest BCUT2D eigenvalue weighted by atomic mass is 16.5. The van der Waals surface area contributed by atoms with Gasteiger partial charge in [0.25, 0.3) is 0 Å². The molecule has 0 saturated carbocycles. The summed E-state index contributed by atoms with van der Waals surface area (Å²) in [7, 11) is 0. The molecule has 0 aliphatic carbocycles. The van der Waals surface area contributed by atoms with Crippen molar-refractivity contribution in [1.29, 1.82) is 0 Å². The second-order valence-electron chi connectivity index (χ2n) is 5.84. The molecular weight excluding hydrogens is 264 g/mol. The largest absolute Gasteiger partial charge is 0.380 e. The van der Waals surface area contributed by atoms with Crippen LogP contribution in [0.2, 0.25) is 0 Å². The summed E-state index contributed by atoms with van der Waals surface area (Å²) in [4.78, 5) is 14.6. The van der Waals surface area contributed by atoms with Crippen LogP contribution in [0.1, 0.15) is 44.5 Å². The lowest BCUT2D eigenvalue weighted by Gasteiger charge is -2.24. The van der Waals surface area contributed by atoms with Crippen LogP contribution in [0, 0.1) is 6.92 Å². The molecule has 0 aromatic heterocycles. The number of carbonyl (C=O) groups excluding carboxylic acids is 1. The van der Waals surface area contributed by atoms with Gasteiger partial charge in [-0.05, 0) is 32.8 Å². The maximum atomic E-state index is 12.7. The number of hydrogen-bond acceptors (Lipinski definition) is 3. The first kappa shape index (κ1) is 16.0. The third-order valence-corrected chi connectivity index (χ3v) is 4.28. The van der Waals surface area contributed by atoms with Crippen LogP contribution in [0.25, 0.3) is 0 Å². The van der Waals surface area contributed by atoms with Crippen molar-refractivity contribution in [3.63, 3.8) is 0 Å². The van der Waals surface area contributed by atoms with E-state index in [1.165, 1.54) is 5.56 Å². The van der Waals surface area contributed by atoms with Gasteiger partial charge < -0.3 is 9.64 Å². The minimum atomic E-state index is -0.484. The average molecular weight is 290 g/mol. The number of rotatable bonds is 6. The number of ether oxygens (including phenoxy) is 1. The van der Waals surface area contributed by atoms with Crippen molar-refractivity contribution >= 4 is 5.91 Å². The Bertz CT molecular complexity index is 486. The highest BCUT2D eigenvalue weighted by molar-refractivity contribution is 5.88. The molecule has 1 aliphatic rings. The van der Waals surface area contributed by atoms with E-state index in [1.807, 2.05) is 25.7 Å². The average Bonchev–Trinajstić information content (AvgIpc) is 2.74. The van der Waals surface area contributed by atoms with E-state index in [2.05, 4.69) is 36.5 Å². The summed E-state index contributed by atoms with van der Waals surface area (Å²) in [5.41, 5.74) is 1.87. The van der Waals surface area contributed by atoms with E-state index in [0.717, 1.165) is 12.0 Å². The third kappa shape index (κ3) is 3.27. The zero-order valence-electron chi connectivity index (χ0n) is 13.5. The van der Waals surface area contributed by atoms with Gasteiger partial charge in [0, 0.05) is 13.2 Å². The first-order valence-corrected chi connectivity index (χ1v) is 7.75. The molecule has 2 atom stereocenters. The lowest BCUT2D eigenvalue weighted by molar-refractivity contribution is -0.133. The summed E-state index contributed by atoms with van der Waals surface area (Å²) in [6, 6.07) is 8.36. The highest BCUT2D eigenvalue weighted by Crippen LogP contribution is 2.32. The van der Waals surface area contributed by atoms with Crippen molar-refractivity contribution in [2.75, 3.05) is 19.8 Å². The number of nitrogens with one attached hydrogen (secondary N) is 1. The Labute approximate surface area is 127 Å². The Morgan fingerprint density at radius 3 is 2.52 bits per heavy atom. The van der Waals surface area contributed by atoms with Crippen LogP contribution in [-0.2, 0) is 9.53 Å². The van der Waals surface area contributed by atoms with E-state index >= 15 is 0 Å². The molecule has 1 heterocycles. The fourth-order valence-electron chi connectivity index (χ4n) is 2.68. The Balaban J connectivity index is 2.23. The molecule has 1 N–H and O–H groups in total. The SMILES string of the molecule is CCOCCN1C(=O)C(C)(CC)NC1c1ccc(C)cc1. The minimum absolute atomic E-state index is 0.0662. The van der Waals surface area contributed by atoms with Gasteiger partial charge in [0.1, 0.15) is 6.17 Å². The van der Waals surface area contributed by atoms with Crippen LogP contribution >= 0.6 is 0 Å². The summed E-state index contributed by atoms with van der Waals surface area (Å²) in [5.74, 6) is 0.162. The monoisotopic (exact) mass is 290 g/mol. The van der Waals surface area contributed by atoms with Crippen LogP contribution in [-0.4, -0.2) is 36.1 Å². The van der Waals surface area contributed by atoms with Gasteiger partial charge in [-0.3, -0.25) is 10.1 Å². The first-order valence-electron chi connectivity index (χ1n) is 7.75. The zero-order valence-corrected chi connectivity index (χ0v) is 13.5. The molecule has 1 amide bonds. The first-order chi connectivity index (χ1) is 10.0. The molecule has 0 spiro atoms. The van der Waals surface area contributed by atoms with Crippen LogP contribution in [0.3, 0.4) is 0 Å². The van der Waals surface area contributed by atoms with Crippen molar-refractivity contribution in [2.24, 2.45) is 0 Å². The predicted octanol–water partition coefficient (Wildman–Crippen LogP) is 2.63. The smallest absolute Gasteiger partial charge is 0.244 e. The molecule has 4 nitrogen and oxygen atoms in total. The second kappa shape index (κ2) is 6.58. The van der Waals surface area contributed by atoms with Crippen LogP contribution in [0.4, 0.5) is 0 Å². The fraction of sp³-hybridized carbons (Fsp3) is 0.588. The summed E-state index contributed by atoms with van der Waals surface area (Å²) in [6.45, 7) is 9.94. The molecule has 1 saturated heterocycles. The van der Waals surface area contributed by atoms with Crippen molar-refractivity contribution in [2.45, 2.75) is 45.8 Å². The molecule has 1 aromatic carbocycles. The number of carbonyl (C=O) groups is 1. The molecule has 21 heavy (non-hydrogen) atoms. The molecule has 0 bridgehead atoms. The van der Waals surface area contributed by atoms with Crippen molar-refractivity contribution in [1.82, 2.24) is 10.2 Å². The Kier molecular flexibility index (Phi) is 5.01. The minimum Gasteiger partial charge on any atom is -0.380 e. The lowest BCUT2D eigenvalue weighted by atomic mass is 9.99. The van der Waals surface area contributed by atoms with Crippen LogP contribution in [0.5, 0.6) is 0 Å². The summed E-state index contributed by atoms with van der Waals surface area (Å²) in [5, 5.41) is 3.50. The van der Waals surface area contributed by atoms with Gasteiger partial charge in [-0.25, -0.2) is 0 Å². The van der Waals surface area contributed by atoms with Gasteiger partial charge in [0.15, 0.2) is 0 Å². The van der Waals surface area contributed by atoms with E-state index < -0.39 is 5.54 Å². The molecule has 0 radical (unpaired) electrons. The Morgan fingerprint density at radius 2 is 1.95 bits per heavy atom. The molecule has 2 rings (SSSR count). The summed E-state index contributed by atoms with van der Waals surface area (Å²) in [6.07, 6.45) is 0.711. The molecule has 1 aliphatic heterocycles. The van der Waals surface area contributed by atoms with Crippen molar-refractivity contribution < 1.29 is 9.53 Å². The van der Waals surface area contributed by atoms with Gasteiger partial charge in [-0.15, -0.1) is 0 Å². The molecule has 4 heteroatoms. The van der Waals surface area contributed by atoms with Gasteiger partial charge in [0.2, 0.25) is 5.91 Å².